The smallest absolute Gasteiger partial charge is 0.327 e. The number of rotatable bonds is 11. The maximum Gasteiger partial charge on any atom is 0.327 e. The zero-order chi connectivity index (χ0) is 28.1. The van der Waals surface area contributed by atoms with Crippen LogP contribution in [0, 0.1) is 19.8 Å². The van der Waals surface area contributed by atoms with Crippen LogP contribution in [0.5, 0.6) is 5.75 Å². The quantitative estimate of drug-likeness (QED) is 0.287. The van der Waals surface area contributed by atoms with Gasteiger partial charge in [0.2, 0.25) is 0 Å². The van der Waals surface area contributed by atoms with Gasteiger partial charge in [0.15, 0.2) is 5.82 Å². The summed E-state index contributed by atoms with van der Waals surface area (Å²) in [6.07, 6.45) is 0. The summed E-state index contributed by atoms with van der Waals surface area (Å²) >= 11 is 0. The number of methoxy groups -OCH3 is 1. The number of aryl methyl sites for hydroxylation is 2. The minimum absolute atomic E-state index is 0.0372. The first-order valence-electron chi connectivity index (χ1n) is 13.1. The molecule has 0 radical (unpaired) electrons. The molecule has 0 spiro atoms. The van der Waals surface area contributed by atoms with E-state index in [0.717, 1.165) is 33.3 Å². The number of hydrogen-bond acceptors (Lipinski definition) is 8. The Morgan fingerprint density at radius 1 is 1.08 bits per heavy atom. The molecular weight excluding hydrogens is 496 g/mol. The molecule has 0 saturated heterocycles. The van der Waals surface area contributed by atoms with Gasteiger partial charge in [0.25, 0.3) is 5.56 Å². The van der Waals surface area contributed by atoms with Gasteiger partial charge in [-0.2, -0.15) is 0 Å². The fourth-order valence-electron chi connectivity index (χ4n) is 5.01. The molecule has 2 heterocycles. The van der Waals surface area contributed by atoms with Crippen molar-refractivity contribution in [3.8, 4) is 5.75 Å². The Bertz CT molecular complexity index is 1510. The van der Waals surface area contributed by atoms with Gasteiger partial charge in [0.1, 0.15) is 12.3 Å². The van der Waals surface area contributed by atoms with E-state index in [1.807, 2.05) is 50.2 Å². The van der Waals surface area contributed by atoms with Crippen LogP contribution < -0.4 is 10.3 Å². The highest BCUT2D eigenvalue weighted by Gasteiger charge is 2.31. The molecule has 206 valence electrons. The summed E-state index contributed by atoms with van der Waals surface area (Å²) in [6.45, 7) is 10.9. The fourth-order valence-corrected chi connectivity index (χ4v) is 5.01. The third-order valence-corrected chi connectivity index (χ3v) is 6.89. The molecule has 2 aromatic carbocycles. The molecule has 0 aliphatic rings. The molecule has 1 N–H and O–H groups in total. The van der Waals surface area contributed by atoms with E-state index in [4.69, 9.17) is 9.47 Å². The highest BCUT2D eigenvalue weighted by molar-refractivity contribution is 5.85. The molecule has 0 unspecified atom stereocenters. The zero-order valence-electron chi connectivity index (χ0n) is 23.4. The number of pyridine rings is 1. The largest absolute Gasteiger partial charge is 0.496 e. The number of hydrogen-bond donors (Lipinski definition) is 1. The van der Waals surface area contributed by atoms with Crippen LogP contribution in [-0.2, 0) is 29.2 Å². The van der Waals surface area contributed by atoms with E-state index in [0.29, 0.717) is 24.5 Å². The van der Waals surface area contributed by atoms with Crippen molar-refractivity contribution in [1.29, 1.82) is 0 Å². The number of para-hydroxylation sites is 1. The Labute approximate surface area is 227 Å². The number of nitrogens with zero attached hydrogens (tertiary/aromatic N) is 5. The van der Waals surface area contributed by atoms with Crippen LogP contribution >= 0.6 is 0 Å². The lowest BCUT2D eigenvalue weighted by Gasteiger charge is -2.34. The number of aromatic amines is 1. The predicted molar refractivity (Wildman–Crippen MR) is 148 cm³/mol. The van der Waals surface area contributed by atoms with E-state index in [-0.39, 0.29) is 30.7 Å². The maximum absolute atomic E-state index is 13.4. The third-order valence-electron chi connectivity index (χ3n) is 6.89. The average Bonchev–Trinajstić information content (AvgIpc) is 3.34. The van der Waals surface area contributed by atoms with Crippen molar-refractivity contribution in [2.45, 2.75) is 60.3 Å². The van der Waals surface area contributed by atoms with Crippen molar-refractivity contribution in [1.82, 2.24) is 30.1 Å². The van der Waals surface area contributed by atoms with Crippen molar-refractivity contribution >= 4 is 16.9 Å². The zero-order valence-corrected chi connectivity index (χ0v) is 23.4. The Kier molecular flexibility index (Phi) is 8.75. The lowest BCUT2D eigenvalue weighted by Crippen LogP contribution is -2.36. The van der Waals surface area contributed by atoms with Crippen LogP contribution in [-0.4, -0.2) is 49.8 Å². The number of H-pyrrole nitrogens is 1. The van der Waals surface area contributed by atoms with Gasteiger partial charge in [-0.3, -0.25) is 14.5 Å². The third kappa shape index (κ3) is 6.17. The maximum atomic E-state index is 13.4. The molecule has 10 nitrogen and oxygen atoms in total. The average molecular weight is 533 g/mol. The van der Waals surface area contributed by atoms with E-state index in [1.54, 1.807) is 14.0 Å². The number of carbonyl (C=O) groups is 1. The van der Waals surface area contributed by atoms with E-state index in [9.17, 15) is 9.59 Å². The molecule has 4 rings (SSSR count). The van der Waals surface area contributed by atoms with Crippen molar-refractivity contribution < 1.29 is 14.3 Å². The second-order valence-electron chi connectivity index (χ2n) is 10.0. The van der Waals surface area contributed by atoms with Gasteiger partial charge in [-0.25, -0.2) is 4.68 Å². The summed E-state index contributed by atoms with van der Waals surface area (Å²) in [6, 6.07) is 13.5. The molecule has 0 bridgehead atoms. The molecular formula is C29H36N6O4. The number of benzene rings is 2. The second-order valence-corrected chi connectivity index (χ2v) is 10.0. The fraction of sp³-hybridized carbons (Fsp3) is 0.414. The molecule has 0 aliphatic heterocycles. The Hall–Kier alpha value is -4.05. The number of carbonyl (C=O) groups excluding carboxylic acids is 1. The summed E-state index contributed by atoms with van der Waals surface area (Å²) in [5.41, 5.74) is 4.39. The molecule has 39 heavy (non-hydrogen) atoms. The van der Waals surface area contributed by atoms with Crippen LogP contribution in [0.3, 0.4) is 0 Å². The van der Waals surface area contributed by atoms with E-state index in [1.165, 1.54) is 4.68 Å². The molecule has 10 heteroatoms. The van der Waals surface area contributed by atoms with Gasteiger partial charge in [-0.05, 0) is 60.4 Å². The summed E-state index contributed by atoms with van der Waals surface area (Å²) in [4.78, 5) is 30.9. The first-order chi connectivity index (χ1) is 18.7. The van der Waals surface area contributed by atoms with Gasteiger partial charge in [0.05, 0.1) is 25.3 Å². The summed E-state index contributed by atoms with van der Waals surface area (Å²) in [5.74, 6) is 0.893. The van der Waals surface area contributed by atoms with Gasteiger partial charge >= 0.3 is 5.97 Å². The number of nitrogens with one attached hydrogen (secondary N) is 1. The number of tetrazole rings is 1. The SMILES string of the molecule is CCOC(=O)Cn1nnnc1[C@@H](C(C)C)N(Cc1ccccc1OC)Cc1cc2c(C)ccc(C)c2[nH]c1=O. The van der Waals surface area contributed by atoms with Crippen LogP contribution in [0.25, 0.3) is 10.9 Å². The normalized spacial score (nSPS) is 12.3. The highest BCUT2D eigenvalue weighted by atomic mass is 16.5. The highest BCUT2D eigenvalue weighted by Crippen LogP contribution is 2.32. The summed E-state index contributed by atoms with van der Waals surface area (Å²) in [5, 5.41) is 13.3. The van der Waals surface area contributed by atoms with Crippen LogP contribution in [0.2, 0.25) is 0 Å². The standard InChI is InChI=1S/C29H36N6O4/c1-7-39-25(36)17-35-28(31-32-33-35)27(18(2)3)34(15-21-10-8-9-11-24(21)38-6)16-22-14-23-19(4)12-13-20(5)26(23)30-29(22)37/h8-14,18,27H,7,15-17H2,1-6H3,(H,30,37)/t27-/m1/s1. The van der Waals surface area contributed by atoms with Gasteiger partial charge in [-0.15, -0.1) is 5.10 Å². The molecule has 0 fully saturated rings. The summed E-state index contributed by atoms with van der Waals surface area (Å²) < 4.78 is 12.3. The first kappa shape index (κ1) is 28.0. The molecule has 0 amide bonds. The van der Waals surface area contributed by atoms with Crippen LogP contribution in [0.1, 0.15) is 54.9 Å². The van der Waals surface area contributed by atoms with Crippen molar-refractivity contribution in [3.05, 3.63) is 80.9 Å². The number of ether oxygens (including phenoxy) is 2. The van der Waals surface area contributed by atoms with Crippen molar-refractivity contribution in [2.24, 2.45) is 5.92 Å². The topological polar surface area (TPSA) is 115 Å². The monoisotopic (exact) mass is 532 g/mol. The predicted octanol–water partition coefficient (Wildman–Crippen LogP) is 4.10. The molecule has 0 saturated carbocycles. The summed E-state index contributed by atoms with van der Waals surface area (Å²) in [7, 11) is 1.64. The Balaban J connectivity index is 1.81. The minimum Gasteiger partial charge on any atom is -0.496 e. The van der Waals surface area contributed by atoms with Crippen LogP contribution in [0.15, 0.2) is 47.3 Å². The van der Waals surface area contributed by atoms with Gasteiger partial charge in [-0.1, -0.05) is 44.2 Å². The van der Waals surface area contributed by atoms with Gasteiger partial charge < -0.3 is 14.5 Å². The molecule has 4 aromatic rings. The Morgan fingerprint density at radius 2 is 1.79 bits per heavy atom. The first-order valence-corrected chi connectivity index (χ1v) is 13.1. The number of esters is 1. The number of fused-ring (bicyclic) bond motifs is 1. The Morgan fingerprint density at radius 3 is 2.51 bits per heavy atom. The lowest BCUT2D eigenvalue weighted by molar-refractivity contribution is -0.144. The molecule has 1 atom stereocenters. The van der Waals surface area contributed by atoms with E-state index in [2.05, 4.69) is 45.3 Å². The molecule has 0 aliphatic carbocycles. The molecule has 2 aromatic heterocycles. The van der Waals surface area contributed by atoms with E-state index >= 15 is 0 Å². The minimum atomic E-state index is -0.415. The number of aromatic nitrogens is 5. The van der Waals surface area contributed by atoms with Crippen molar-refractivity contribution in [3.63, 3.8) is 0 Å². The second kappa shape index (κ2) is 12.2. The lowest BCUT2D eigenvalue weighted by atomic mass is 9.98. The van der Waals surface area contributed by atoms with Crippen LogP contribution in [0.4, 0.5) is 0 Å². The van der Waals surface area contributed by atoms with E-state index < -0.39 is 5.97 Å². The van der Waals surface area contributed by atoms with Gasteiger partial charge in [0, 0.05) is 29.6 Å². The van der Waals surface area contributed by atoms with Crippen molar-refractivity contribution in [2.75, 3.05) is 13.7 Å².